The zero-order valence-electron chi connectivity index (χ0n) is 10.9. The molecule has 104 valence electrons. The fraction of sp³-hybridized carbons (Fsp3) is 0.385. The number of hydrogen-bond donors (Lipinski definition) is 2. The van der Waals surface area contributed by atoms with Crippen LogP contribution in [0.4, 0.5) is 4.39 Å². The van der Waals surface area contributed by atoms with Gasteiger partial charge in [-0.15, -0.1) is 0 Å². The molecule has 0 bridgehead atoms. The fourth-order valence-corrected chi connectivity index (χ4v) is 1.70. The molecule has 3 N–H and O–H groups in total. The Morgan fingerprint density at radius 1 is 1.58 bits per heavy atom. The summed E-state index contributed by atoms with van der Waals surface area (Å²) in [6.07, 6.45) is 0. The number of hydrogen-bond acceptors (Lipinski definition) is 3. The molecule has 1 unspecified atom stereocenters. The van der Waals surface area contributed by atoms with E-state index in [9.17, 15) is 9.18 Å². The molecule has 1 aromatic carbocycles. The number of carbonyl (C=O) groups excluding carboxylic acids is 1. The van der Waals surface area contributed by atoms with Gasteiger partial charge in [0.25, 0.3) is 5.91 Å². The van der Waals surface area contributed by atoms with Crippen LogP contribution < -0.4 is 5.73 Å². The molecule has 0 aliphatic rings. The number of nitrogens with zero attached hydrogens (tertiary/aromatic N) is 1. The standard InChI is InChI=1S/C13H17FN2O2S/c1-3-16(7-8(2)12(15)19)13(18)10-5-4-9(17)6-11(10)14/h4-6,8,17H,3,7H2,1-2H3,(H2,15,19). The van der Waals surface area contributed by atoms with Crippen molar-refractivity contribution >= 4 is 23.1 Å². The topological polar surface area (TPSA) is 66.6 Å². The van der Waals surface area contributed by atoms with Crippen LogP contribution in [0.15, 0.2) is 18.2 Å². The number of nitrogens with two attached hydrogens (primary N) is 1. The lowest BCUT2D eigenvalue weighted by molar-refractivity contribution is 0.0750. The maximum absolute atomic E-state index is 13.6. The van der Waals surface area contributed by atoms with Crippen LogP contribution in [0.2, 0.25) is 0 Å². The third-order valence-corrected chi connectivity index (χ3v) is 3.23. The van der Waals surface area contributed by atoms with Gasteiger partial charge in [0.05, 0.1) is 10.6 Å². The molecule has 0 fully saturated rings. The molecule has 19 heavy (non-hydrogen) atoms. The van der Waals surface area contributed by atoms with Crippen LogP contribution in [0, 0.1) is 11.7 Å². The highest BCUT2D eigenvalue weighted by atomic mass is 32.1. The molecule has 1 amide bonds. The van der Waals surface area contributed by atoms with E-state index >= 15 is 0 Å². The van der Waals surface area contributed by atoms with Crippen LogP contribution in [-0.4, -0.2) is 34.0 Å². The second-order valence-electron chi connectivity index (χ2n) is 4.31. The lowest BCUT2D eigenvalue weighted by Gasteiger charge is -2.24. The second kappa shape index (κ2) is 6.47. The Hall–Kier alpha value is -1.69. The number of phenols is 1. The average molecular weight is 284 g/mol. The van der Waals surface area contributed by atoms with Crippen molar-refractivity contribution in [1.29, 1.82) is 0 Å². The molecule has 6 heteroatoms. The van der Waals surface area contributed by atoms with Gasteiger partial charge in [0.2, 0.25) is 0 Å². The van der Waals surface area contributed by atoms with Gasteiger partial charge in [-0.05, 0) is 19.1 Å². The fourth-order valence-electron chi connectivity index (χ4n) is 1.62. The van der Waals surface area contributed by atoms with Crippen LogP contribution >= 0.6 is 12.2 Å². The molecule has 0 radical (unpaired) electrons. The quantitative estimate of drug-likeness (QED) is 0.811. The molecule has 0 aromatic heterocycles. The maximum atomic E-state index is 13.6. The highest BCUT2D eigenvalue weighted by molar-refractivity contribution is 7.80. The number of amides is 1. The van der Waals surface area contributed by atoms with E-state index in [2.05, 4.69) is 0 Å². The van der Waals surface area contributed by atoms with Crippen molar-refractivity contribution in [3.05, 3.63) is 29.6 Å². The van der Waals surface area contributed by atoms with Crippen molar-refractivity contribution < 1.29 is 14.3 Å². The molecule has 1 atom stereocenters. The summed E-state index contributed by atoms with van der Waals surface area (Å²) in [4.78, 5) is 14.0. The molecule has 1 aromatic rings. The Kier molecular flexibility index (Phi) is 5.23. The molecule has 0 aliphatic heterocycles. The Bertz CT molecular complexity index is 494. The summed E-state index contributed by atoms with van der Waals surface area (Å²) in [5, 5.41) is 9.13. The SMILES string of the molecule is CCN(CC(C)C(N)=S)C(=O)c1ccc(O)cc1F. The van der Waals surface area contributed by atoms with Gasteiger partial charge in [0.1, 0.15) is 11.6 Å². The summed E-state index contributed by atoms with van der Waals surface area (Å²) in [7, 11) is 0. The Labute approximate surface area is 117 Å². The number of aromatic hydroxyl groups is 1. The van der Waals surface area contributed by atoms with Crippen molar-refractivity contribution in [2.75, 3.05) is 13.1 Å². The average Bonchev–Trinajstić information content (AvgIpc) is 2.34. The third kappa shape index (κ3) is 3.89. The molecule has 0 saturated heterocycles. The predicted molar refractivity (Wildman–Crippen MR) is 75.6 cm³/mol. The first kappa shape index (κ1) is 15.4. The summed E-state index contributed by atoms with van der Waals surface area (Å²) in [5.41, 5.74) is 5.44. The van der Waals surface area contributed by atoms with E-state index in [-0.39, 0.29) is 17.2 Å². The zero-order valence-corrected chi connectivity index (χ0v) is 11.7. The first-order chi connectivity index (χ1) is 8.86. The van der Waals surface area contributed by atoms with Crippen molar-refractivity contribution in [3.63, 3.8) is 0 Å². The zero-order chi connectivity index (χ0) is 14.6. The smallest absolute Gasteiger partial charge is 0.256 e. The van der Waals surface area contributed by atoms with Crippen molar-refractivity contribution in [2.24, 2.45) is 11.7 Å². The number of benzene rings is 1. The molecule has 1 rings (SSSR count). The maximum Gasteiger partial charge on any atom is 0.256 e. The van der Waals surface area contributed by atoms with Crippen LogP contribution in [0.1, 0.15) is 24.2 Å². The molecule has 0 saturated carbocycles. The lowest BCUT2D eigenvalue weighted by Crippen LogP contribution is -2.38. The summed E-state index contributed by atoms with van der Waals surface area (Å²) >= 11 is 4.86. The molecule has 0 heterocycles. The molecular formula is C13H17FN2O2S. The van der Waals surface area contributed by atoms with E-state index in [1.165, 1.54) is 17.0 Å². The molecular weight excluding hydrogens is 267 g/mol. The molecule has 0 spiro atoms. The van der Waals surface area contributed by atoms with Gasteiger partial charge in [0.15, 0.2) is 0 Å². The van der Waals surface area contributed by atoms with Crippen molar-refractivity contribution in [2.45, 2.75) is 13.8 Å². The number of halogens is 1. The monoisotopic (exact) mass is 284 g/mol. The van der Waals surface area contributed by atoms with E-state index in [0.717, 1.165) is 6.07 Å². The van der Waals surface area contributed by atoms with Gasteiger partial charge in [-0.2, -0.15) is 0 Å². The number of carbonyl (C=O) groups is 1. The van der Waals surface area contributed by atoms with Gasteiger partial charge in [-0.25, -0.2) is 4.39 Å². The van der Waals surface area contributed by atoms with Gasteiger partial charge >= 0.3 is 0 Å². The largest absolute Gasteiger partial charge is 0.508 e. The molecule has 4 nitrogen and oxygen atoms in total. The number of thiocarbonyl (C=S) groups is 1. The normalized spacial score (nSPS) is 11.9. The van der Waals surface area contributed by atoms with Gasteiger partial charge in [0, 0.05) is 25.1 Å². The summed E-state index contributed by atoms with van der Waals surface area (Å²) in [6, 6.07) is 3.46. The van der Waals surface area contributed by atoms with E-state index in [0.29, 0.717) is 18.1 Å². The highest BCUT2D eigenvalue weighted by Gasteiger charge is 2.20. The van der Waals surface area contributed by atoms with Gasteiger partial charge in [-0.3, -0.25) is 4.79 Å². The van der Waals surface area contributed by atoms with Crippen molar-refractivity contribution in [1.82, 2.24) is 4.90 Å². The summed E-state index contributed by atoms with van der Waals surface area (Å²) in [6.45, 7) is 4.37. The predicted octanol–water partition coefficient (Wildman–Crippen LogP) is 1.92. The second-order valence-corrected chi connectivity index (χ2v) is 4.78. The minimum Gasteiger partial charge on any atom is -0.508 e. The van der Waals surface area contributed by atoms with E-state index in [4.69, 9.17) is 23.1 Å². The van der Waals surface area contributed by atoms with Crippen LogP contribution in [0.25, 0.3) is 0 Å². The first-order valence-corrected chi connectivity index (χ1v) is 6.34. The lowest BCUT2D eigenvalue weighted by atomic mass is 10.1. The van der Waals surface area contributed by atoms with Gasteiger partial charge in [-0.1, -0.05) is 19.1 Å². The highest BCUT2D eigenvalue weighted by Crippen LogP contribution is 2.17. The Morgan fingerprint density at radius 2 is 2.21 bits per heavy atom. The van der Waals surface area contributed by atoms with E-state index in [1.807, 2.05) is 6.92 Å². The van der Waals surface area contributed by atoms with E-state index < -0.39 is 11.7 Å². The summed E-state index contributed by atoms with van der Waals surface area (Å²) < 4.78 is 13.6. The third-order valence-electron chi connectivity index (χ3n) is 2.83. The van der Waals surface area contributed by atoms with Crippen molar-refractivity contribution in [3.8, 4) is 5.75 Å². The van der Waals surface area contributed by atoms with E-state index in [1.54, 1.807) is 6.92 Å². The van der Waals surface area contributed by atoms with Crippen LogP contribution in [-0.2, 0) is 0 Å². The first-order valence-electron chi connectivity index (χ1n) is 5.93. The van der Waals surface area contributed by atoms with Gasteiger partial charge < -0.3 is 15.7 Å². The Morgan fingerprint density at radius 3 is 2.68 bits per heavy atom. The number of rotatable bonds is 5. The summed E-state index contributed by atoms with van der Waals surface area (Å²) in [5.74, 6) is -1.54. The minimum absolute atomic E-state index is 0.0743. The number of phenolic OH excluding ortho intramolecular Hbond substituents is 1. The minimum atomic E-state index is -0.744. The van der Waals surface area contributed by atoms with Crippen LogP contribution in [0.3, 0.4) is 0 Å². The Balaban J connectivity index is 2.92. The van der Waals surface area contributed by atoms with Crippen LogP contribution in [0.5, 0.6) is 5.75 Å². The molecule has 0 aliphatic carbocycles.